The number of rotatable bonds is 2. The van der Waals surface area contributed by atoms with Gasteiger partial charge in [-0.3, -0.25) is 9.78 Å². The van der Waals surface area contributed by atoms with Crippen molar-refractivity contribution in [2.45, 2.75) is 13.8 Å². The maximum atomic E-state index is 12.0. The number of nitrogens with zero attached hydrogens (tertiary/aromatic N) is 2. The van der Waals surface area contributed by atoms with E-state index in [2.05, 4.69) is 9.97 Å². The van der Waals surface area contributed by atoms with Gasteiger partial charge in [-0.2, -0.15) is 0 Å². The number of aromatic nitrogens is 2. The fourth-order valence-corrected chi connectivity index (χ4v) is 1.36. The minimum Gasteiger partial charge on any atom is -0.287 e. The molecule has 0 aliphatic carbocycles. The molecule has 1 heterocycles. The molecule has 0 aliphatic heterocycles. The monoisotopic (exact) mass is 212 g/mol. The van der Waals surface area contributed by atoms with Gasteiger partial charge in [-0.1, -0.05) is 29.8 Å². The number of benzene rings is 1. The van der Waals surface area contributed by atoms with Crippen LogP contribution in [0.25, 0.3) is 0 Å². The maximum absolute atomic E-state index is 12.0. The van der Waals surface area contributed by atoms with Gasteiger partial charge in [0, 0.05) is 11.8 Å². The Kier molecular flexibility index (Phi) is 2.77. The molecule has 2 aromatic rings. The topological polar surface area (TPSA) is 42.9 Å². The average molecular weight is 212 g/mol. The van der Waals surface area contributed by atoms with Gasteiger partial charge in [0.15, 0.2) is 0 Å². The van der Waals surface area contributed by atoms with Crippen molar-refractivity contribution in [2.75, 3.05) is 0 Å². The van der Waals surface area contributed by atoms with Crippen LogP contribution in [-0.4, -0.2) is 15.8 Å². The number of hydrogen-bond donors (Lipinski definition) is 0. The zero-order valence-electron chi connectivity index (χ0n) is 9.27. The normalized spacial score (nSPS) is 10.1. The Morgan fingerprint density at radius 1 is 1.00 bits per heavy atom. The van der Waals surface area contributed by atoms with Crippen LogP contribution in [0.15, 0.2) is 36.7 Å². The lowest BCUT2D eigenvalue weighted by Gasteiger charge is -2.00. The minimum absolute atomic E-state index is 0.0903. The third kappa shape index (κ3) is 2.14. The van der Waals surface area contributed by atoms with E-state index < -0.39 is 0 Å². The van der Waals surface area contributed by atoms with Gasteiger partial charge in [0.1, 0.15) is 5.69 Å². The Morgan fingerprint density at radius 3 is 2.25 bits per heavy atom. The van der Waals surface area contributed by atoms with Crippen LogP contribution in [0.1, 0.15) is 27.3 Å². The van der Waals surface area contributed by atoms with Crippen molar-refractivity contribution in [3.8, 4) is 0 Å². The highest BCUT2D eigenvalue weighted by Crippen LogP contribution is 2.08. The standard InChI is InChI=1S/C13H12N2O/c1-9-3-5-11(6-4-9)13(16)12-8-14-10(2)7-15-12/h3-8H,1-2H3. The van der Waals surface area contributed by atoms with Crippen molar-refractivity contribution in [3.63, 3.8) is 0 Å². The molecule has 0 unspecified atom stereocenters. The molecule has 1 aromatic heterocycles. The fourth-order valence-electron chi connectivity index (χ4n) is 1.36. The zero-order chi connectivity index (χ0) is 11.5. The molecule has 16 heavy (non-hydrogen) atoms. The van der Waals surface area contributed by atoms with Crippen molar-refractivity contribution in [3.05, 3.63) is 59.2 Å². The van der Waals surface area contributed by atoms with Crippen LogP contribution < -0.4 is 0 Å². The van der Waals surface area contributed by atoms with Gasteiger partial charge < -0.3 is 0 Å². The van der Waals surface area contributed by atoms with E-state index in [1.54, 1.807) is 18.3 Å². The smallest absolute Gasteiger partial charge is 0.212 e. The molecule has 0 saturated carbocycles. The average Bonchev–Trinajstić information content (AvgIpc) is 2.30. The summed E-state index contributed by atoms with van der Waals surface area (Å²) in [6.07, 6.45) is 3.11. The van der Waals surface area contributed by atoms with Gasteiger partial charge >= 0.3 is 0 Å². The molecule has 0 spiro atoms. The van der Waals surface area contributed by atoms with Crippen molar-refractivity contribution >= 4 is 5.78 Å². The maximum Gasteiger partial charge on any atom is 0.212 e. The van der Waals surface area contributed by atoms with Gasteiger partial charge in [0.2, 0.25) is 5.78 Å². The van der Waals surface area contributed by atoms with E-state index >= 15 is 0 Å². The fraction of sp³-hybridized carbons (Fsp3) is 0.154. The molecule has 80 valence electrons. The lowest BCUT2D eigenvalue weighted by molar-refractivity contribution is 0.103. The predicted octanol–water partition coefficient (Wildman–Crippen LogP) is 2.32. The molecule has 2 rings (SSSR count). The summed E-state index contributed by atoms with van der Waals surface area (Å²) in [5, 5.41) is 0. The van der Waals surface area contributed by atoms with Gasteiger partial charge in [-0.25, -0.2) is 4.98 Å². The quantitative estimate of drug-likeness (QED) is 0.717. The molecule has 0 radical (unpaired) electrons. The van der Waals surface area contributed by atoms with Crippen molar-refractivity contribution < 1.29 is 4.79 Å². The largest absolute Gasteiger partial charge is 0.287 e. The summed E-state index contributed by atoms with van der Waals surface area (Å²) < 4.78 is 0. The van der Waals surface area contributed by atoms with Crippen LogP contribution in [-0.2, 0) is 0 Å². The highest BCUT2D eigenvalue weighted by Gasteiger charge is 2.09. The Labute approximate surface area is 94.2 Å². The summed E-state index contributed by atoms with van der Waals surface area (Å²) in [4.78, 5) is 20.1. The summed E-state index contributed by atoms with van der Waals surface area (Å²) in [6, 6.07) is 7.43. The molecule has 3 heteroatoms. The first-order valence-electron chi connectivity index (χ1n) is 5.07. The predicted molar refractivity (Wildman–Crippen MR) is 61.4 cm³/mol. The number of hydrogen-bond acceptors (Lipinski definition) is 3. The van der Waals surface area contributed by atoms with Crippen molar-refractivity contribution in [2.24, 2.45) is 0 Å². The van der Waals surface area contributed by atoms with Crippen molar-refractivity contribution in [1.29, 1.82) is 0 Å². The summed E-state index contributed by atoms with van der Waals surface area (Å²) in [7, 11) is 0. The Hall–Kier alpha value is -2.03. The van der Waals surface area contributed by atoms with E-state index in [0.717, 1.165) is 11.3 Å². The SMILES string of the molecule is Cc1ccc(C(=O)c2cnc(C)cn2)cc1. The second-order valence-corrected chi connectivity index (χ2v) is 3.74. The highest BCUT2D eigenvalue weighted by atomic mass is 16.1. The number of aryl methyl sites for hydroxylation is 2. The van der Waals surface area contributed by atoms with Crippen LogP contribution in [0.2, 0.25) is 0 Å². The molecule has 0 atom stereocenters. The molecule has 0 amide bonds. The van der Waals surface area contributed by atoms with E-state index in [1.807, 2.05) is 26.0 Å². The van der Waals surface area contributed by atoms with Crippen LogP contribution >= 0.6 is 0 Å². The molecule has 0 N–H and O–H groups in total. The highest BCUT2D eigenvalue weighted by molar-refractivity contribution is 6.07. The summed E-state index contributed by atoms with van der Waals surface area (Å²) in [6.45, 7) is 3.83. The van der Waals surface area contributed by atoms with E-state index in [0.29, 0.717) is 11.3 Å². The second-order valence-electron chi connectivity index (χ2n) is 3.74. The molecule has 0 bridgehead atoms. The lowest BCUT2D eigenvalue weighted by atomic mass is 10.1. The number of carbonyl (C=O) groups is 1. The summed E-state index contributed by atoms with van der Waals surface area (Å²) in [5.74, 6) is -0.0903. The molecule has 1 aromatic carbocycles. The van der Waals surface area contributed by atoms with E-state index in [1.165, 1.54) is 6.20 Å². The van der Waals surface area contributed by atoms with Gasteiger partial charge in [0.05, 0.1) is 11.9 Å². The van der Waals surface area contributed by atoms with E-state index in [9.17, 15) is 4.79 Å². The van der Waals surface area contributed by atoms with E-state index in [-0.39, 0.29) is 5.78 Å². The molecule has 0 aliphatic rings. The first kappa shape index (κ1) is 10.5. The number of ketones is 1. The Balaban J connectivity index is 2.32. The number of carbonyl (C=O) groups excluding carboxylic acids is 1. The third-order valence-electron chi connectivity index (χ3n) is 2.33. The van der Waals surface area contributed by atoms with Crippen LogP contribution in [0.4, 0.5) is 0 Å². The van der Waals surface area contributed by atoms with Crippen LogP contribution in [0.3, 0.4) is 0 Å². The Morgan fingerprint density at radius 2 is 1.69 bits per heavy atom. The molecular weight excluding hydrogens is 200 g/mol. The first-order valence-corrected chi connectivity index (χ1v) is 5.07. The van der Waals surface area contributed by atoms with Gasteiger partial charge in [-0.15, -0.1) is 0 Å². The molecular formula is C13H12N2O. The first-order chi connectivity index (χ1) is 7.66. The Bertz CT molecular complexity index is 453. The second kappa shape index (κ2) is 4.23. The van der Waals surface area contributed by atoms with Crippen LogP contribution in [0, 0.1) is 13.8 Å². The summed E-state index contributed by atoms with van der Waals surface area (Å²) in [5.41, 5.74) is 2.96. The molecule has 0 saturated heterocycles. The lowest BCUT2D eigenvalue weighted by Crippen LogP contribution is -2.04. The third-order valence-corrected chi connectivity index (χ3v) is 2.33. The molecule has 0 fully saturated rings. The van der Waals surface area contributed by atoms with Gasteiger partial charge in [-0.05, 0) is 13.8 Å². The van der Waals surface area contributed by atoms with E-state index in [4.69, 9.17) is 0 Å². The van der Waals surface area contributed by atoms with Crippen molar-refractivity contribution in [1.82, 2.24) is 9.97 Å². The minimum atomic E-state index is -0.0903. The van der Waals surface area contributed by atoms with Crippen LogP contribution in [0.5, 0.6) is 0 Å². The summed E-state index contributed by atoms with van der Waals surface area (Å²) >= 11 is 0. The molecule has 3 nitrogen and oxygen atoms in total. The zero-order valence-corrected chi connectivity index (χ0v) is 9.27. The van der Waals surface area contributed by atoms with Gasteiger partial charge in [0.25, 0.3) is 0 Å².